The second kappa shape index (κ2) is 6.11. The molecule has 0 spiro atoms. The van der Waals surface area contributed by atoms with E-state index in [1.807, 2.05) is 13.8 Å². The van der Waals surface area contributed by atoms with Crippen molar-refractivity contribution < 1.29 is 34.4 Å². The molecule has 2 saturated carbocycles. The Hall–Kier alpha value is -1.28. The number of ketones is 1. The van der Waals surface area contributed by atoms with Crippen molar-refractivity contribution in [1.29, 1.82) is 0 Å². The van der Waals surface area contributed by atoms with Crippen LogP contribution in [0.3, 0.4) is 0 Å². The first kappa shape index (κ1) is 21.4. The molecule has 2 aliphatic carbocycles. The molecule has 28 heavy (non-hydrogen) atoms. The smallest absolute Gasteiger partial charge is 0.293 e. The van der Waals surface area contributed by atoms with Gasteiger partial charge in [0.1, 0.15) is 5.60 Å². The number of ether oxygens (including phenoxy) is 2. The van der Waals surface area contributed by atoms with Crippen LogP contribution in [-0.2, 0) is 19.1 Å². The standard InChI is InChI=1S/C21H32O7/c1-7-18(4)10-13(24)21(26)19(5)12(23)8-9-17(2,3)15(19)14(25)16(27-11-22)20(21,6)28-18/h7,11-12,14-16,23,25-26H,1,8-10H2,2-6H3/t12-,14-,15-,16-,18-,19-,20+,21-/m0/s1. The third-order valence-electron chi connectivity index (χ3n) is 7.93. The van der Waals surface area contributed by atoms with Gasteiger partial charge in [0.2, 0.25) is 0 Å². The fourth-order valence-corrected chi connectivity index (χ4v) is 6.57. The number of aliphatic hydroxyl groups is 3. The van der Waals surface area contributed by atoms with Crippen LogP contribution in [0.2, 0.25) is 0 Å². The maximum absolute atomic E-state index is 13.5. The number of hydrogen-bond acceptors (Lipinski definition) is 7. The van der Waals surface area contributed by atoms with Gasteiger partial charge in [-0.1, -0.05) is 26.8 Å². The number of aliphatic hydroxyl groups excluding tert-OH is 2. The zero-order valence-corrected chi connectivity index (χ0v) is 17.3. The van der Waals surface area contributed by atoms with Crippen LogP contribution in [0.15, 0.2) is 12.7 Å². The number of hydrogen-bond donors (Lipinski definition) is 3. The Kier molecular flexibility index (Phi) is 4.68. The van der Waals surface area contributed by atoms with Crippen LogP contribution < -0.4 is 0 Å². The molecule has 3 aliphatic rings. The highest BCUT2D eigenvalue weighted by molar-refractivity contribution is 5.92. The lowest BCUT2D eigenvalue weighted by atomic mass is 9.40. The van der Waals surface area contributed by atoms with E-state index in [2.05, 4.69) is 6.58 Å². The number of rotatable bonds is 3. The third-order valence-corrected chi connectivity index (χ3v) is 7.93. The van der Waals surface area contributed by atoms with Gasteiger partial charge in [-0.3, -0.25) is 9.59 Å². The Morgan fingerprint density at radius 3 is 2.36 bits per heavy atom. The largest absolute Gasteiger partial charge is 0.459 e. The summed E-state index contributed by atoms with van der Waals surface area (Å²) in [4.78, 5) is 24.8. The molecule has 1 heterocycles. The molecule has 1 saturated heterocycles. The van der Waals surface area contributed by atoms with Gasteiger partial charge in [-0.15, -0.1) is 6.58 Å². The van der Waals surface area contributed by atoms with E-state index in [-0.39, 0.29) is 12.9 Å². The summed E-state index contributed by atoms with van der Waals surface area (Å²) in [5.41, 5.74) is -6.97. The van der Waals surface area contributed by atoms with Gasteiger partial charge >= 0.3 is 0 Å². The Labute approximate surface area is 165 Å². The van der Waals surface area contributed by atoms with Crippen molar-refractivity contribution in [2.45, 2.75) is 89.0 Å². The van der Waals surface area contributed by atoms with Crippen LogP contribution in [-0.4, -0.2) is 62.7 Å². The molecule has 0 amide bonds. The molecular formula is C21H32O7. The van der Waals surface area contributed by atoms with Crippen molar-refractivity contribution in [1.82, 2.24) is 0 Å². The van der Waals surface area contributed by atoms with E-state index >= 15 is 0 Å². The van der Waals surface area contributed by atoms with Gasteiger partial charge in [0.25, 0.3) is 6.47 Å². The number of fused-ring (bicyclic) bond motifs is 3. The maximum atomic E-state index is 13.5. The van der Waals surface area contributed by atoms with Crippen molar-refractivity contribution in [3.63, 3.8) is 0 Å². The first-order chi connectivity index (χ1) is 12.7. The molecule has 7 heteroatoms. The van der Waals surface area contributed by atoms with Crippen molar-refractivity contribution >= 4 is 12.3 Å². The summed E-state index contributed by atoms with van der Waals surface area (Å²) >= 11 is 0. The van der Waals surface area contributed by atoms with Gasteiger partial charge in [-0.25, -0.2) is 0 Å². The zero-order chi connectivity index (χ0) is 21.3. The van der Waals surface area contributed by atoms with Gasteiger partial charge in [0.05, 0.1) is 17.8 Å². The van der Waals surface area contributed by atoms with Crippen molar-refractivity contribution in [3.05, 3.63) is 12.7 Å². The van der Waals surface area contributed by atoms with Crippen LogP contribution in [0.4, 0.5) is 0 Å². The summed E-state index contributed by atoms with van der Waals surface area (Å²) in [7, 11) is 0. The first-order valence-corrected chi connectivity index (χ1v) is 9.80. The molecule has 3 N–H and O–H groups in total. The minimum absolute atomic E-state index is 0.137. The van der Waals surface area contributed by atoms with Crippen molar-refractivity contribution in [2.24, 2.45) is 16.7 Å². The predicted octanol–water partition coefficient (Wildman–Crippen LogP) is 1.13. The molecule has 3 fully saturated rings. The Morgan fingerprint density at radius 1 is 1.21 bits per heavy atom. The quantitative estimate of drug-likeness (QED) is 0.484. The maximum Gasteiger partial charge on any atom is 0.293 e. The lowest BCUT2D eigenvalue weighted by Gasteiger charge is -2.71. The highest BCUT2D eigenvalue weighted by Crippen LogP contribution is 2.66. The SMILES string of the molecule is C=C[C@@]1(C)CC(=O)[C@]2(O)[C@@]3(C)[C@@H](O)CCC(C)(C)[C@@H]3[C@H](O)[C@H](OC=O)[C@@]2(C)O1. The van der Waals surface area contributed by atoms with Gasteiger partial charge in [-0.2, -0.15) is 0 Å². The minimum atomic E-state index is -2.17. The summed E-state index contributed by atoms with van der Waals surface area (Å²) in [5, 5.41) is 34.4. The number of carbonyl (C=O) groups is 2. The van der Waals surface area contributed by atoms with Crippen molar-refractivity contribution in [3.8, 4) is 0 Å². The van der Waals surface area contributed by atoms with Gasteiger partial charge in [0, 0.05) is 17.8 Å². The van der Waals surface area contributed by atoms with E-state index in [1.165, 1.54) is 13.0 Å². The van der Waals surface area contributed by atoms with E-state index in [0.717, 1.165) is 0 Å². The first-order valence-electron chi connectivity index (χ1n) is 9.80. The highest BCUT2D eigenvalue weighted by Gasteiger charge is 2.81. The van der Waals surface area contributed by atoms with E-state index in [1.54, 1.807) is 13.8 Å². The van der Waals surface area contributed by atoms with Crippen LogP contribution in [0, 0.1) is 16.7 Å². The number of carbonyl (C=O) groups excluding carboxylic acids is 2. The summed E-state index contributed by atoms with van der Waals surface area (Å²) in [6.45, 7) is 12.5. The molecule has 1 aliphatic heterocycles. The molecule has 0 aromatic carbocycles. The average Bonchev–Trinajstić information content (AvgIpc) is 2.59. The molecule has 0 aromatic heterocycles. The molecule has 3 rings (SSSR count). The Balaban J connectivity index is 2.32. The average molecular weight is 396 g/mol. The normalized spacial score (nSPS) is 52.9. The summed E-state index contributed by atoms with van der Waals surface area (Å²) in [5.74, 6) is -1.22. The predicted molar refractivity (Wildman–Crippen MR) is 100 cm³/mol. The highest BCUT2D eigenvalue weighted by atomic mass is 16.6. The van der Waals surface area contributed by atoms with E-state index < -0.39 is 57.6 Å². The van der Waals surface area contributed by atoms with Gasteiger partial charge in [-0.05, 0) is 32.1 Å². The topological polar surface area (TPSA) is 113 Å². The van der Waals surface area contributed by atoms with E-state index in [9.17, 15) is 24.9 Å². The van der Waals surface area contributed by atoms with Crippen LogP contribution >= 0.6 is 0 Å². The molecule has 8 atom stereocenters. The molecule has 7 nitrogen and oxygen atoms in total. The van der Waals surface area contributed by atoms with Crippen LogP contribution in [0.25, 0.3) is 0 Å². The third kappa shape index (κ3) is 2.30. The molecule has 158 valence electrons. The summed E-state index contributed by atoms with van der Waals surface area (Å²) < 4.78 is 11.5. The Morgan fingerprint density at radius 2 is 1.82 bits per heavy atom. The van der Waals surface area contributed by atoms with Gasteiger partial charge in [0.15, 0.2) is 17.5 Å². The van der Waals surface area contributed by atoms with E-state index in [0.29, 0.717) is 12.8 Å². The summed E-state index contributed by atoms with van der Waals surface area (Å²) in [6, 6.07) is 0. The van der Waals surface area contributed by atoms with Crippen LogP contribution in [0.5, 0.6) is 0 Å². The van der Waals surface area contributed by atoms with Crippen LogP contribution in [0.1, 0.15) is 53.9 Å². The molecule has 0 radical (unpaired) electrons. The fraction of sp³-hybridized carbons (Fsp3) is 0.810. The zero-order valence-electron chi connectivity index (χ0n) is 17.3. The second-order valence-electron chi connectivity index (χ2n) is 9.98. The number of Topliss-reactive ketones (excluding diaryl/α,β-unsaturated/α-hetero) is 1. The fourth-order valence-electron chi connectivity index (χ4n) is 6.57. The van der Waals surface area contributed by atoms with E-state index in [4.69, 9.17) is 9.47 Å². The lowest BCUT2D eigenvalue weighted by molar-refractivity contribution is -0.369. The van der Waals surface area contributed by atoms with Crippen molar-refractivity contribution in [2.75, 3.05) is 0 Å². The monoisotopic (exact) mass is 396 g/mol. The minimum Gasteiger partial charge on any atom is -0.459 e. The molecular weight excluding hydrogens is 364 g/mol. The molecule has 0 aromatic rings. The Bertz CT molecular complexity index is 705. The molecule has 0 unspecified atom stereocenters. The second-order valence-corrected chi connectivity index (χ2v) is 9.98. The van der Waals surface area contributed by atoms with Gasteiger partial charge < -0.3 is 24.8 Å². The lowest BCUT2D eigenvalue weighted by Crippen LogP contribution is -2.86. The molecule has 0 bridgehead atoms. The summed E-state index contributed by atoms with van der Waals surface area (Å²) in [6.07, 6.45) is -1.28.